The fourth-order valence-electron chi connectivity index (χ4n) is 1.97. The van der Waals surface area contributed by atoms with Crippen LogP contribution in [0.2, 0.25) is 0 Å². The zero-order valence-electron chi connectivity index (χ0n) is 12.2. The Balaban J connectivity index is 3.01. The van der Waals surface area contributed by atoms with Crippen LogP contribution < -0.4 is 15.8 Å². The summed E-state index contributed by atoms with van der Waals surface area (Å²) in [6.45, 7) is 9.36. The van der Waals surface area contributed by atoms with Crippen molar-refractivity contribution < 1.29 is 4.74 Å². The third kappa shape index (κ3) is 3.91. The van der Waals surface area contributed by atoms with E-state index in [-0.39, 0.29) is 5.54 Å². The van der Waals surface area contributed by atoms with Gasteiger partial charge < -0.3 is 15.8 Å². The van der Waals surface area contributed by atoms with Gasteiger partial charge in [0.05, 0.1) is 12.8 Å². The highest BCUT2D eigenvalue weighted by atomic mass is 16.5. The first-order chi connectivity index (χ1) is 8.39. The number of ether oxygens (including phenoxy) is 1. The summed E-state index contributed by atoms with van der Waals surface area (Å²) in [5, 5.41) is 3.53. The Morgan fingerprint density at radius 2 is 2.00 bits per heavy atom. The van der Waals surface area contributed by atoms with Crippen molar-refractivity contribution in [1.29, 1.82) is 0 Å². The molecule has 0 heterocycles. The zero-order chi connectivity index (χ0) is 13.8. The van der Waals surface area contributed by atoms with Crippen LogP contribution in [0.5, 0.6) is 5.75 Å². The number of anilines is 1. The molecule has 18 heavy (non-hydrogen) atoms. The maximum absolute atomic E-state index is 5.65. The monoisotopic (exact) mass is 250 g/mol. The molecule has 1 rings (SSSR count). The molecule has 3 heteroatoms. The minimum Gasteiger partial charge on any atom is -0.495 e. The predicted molar refractivity (Wildman–Crippen MR) is 78.5 cm³/mol. The molecule has 0 bridgehead atoms. The van der Waals surface area contributed by atoms with Gasteiger partial charge in [0.15, 0.2) is 0 Å². The van der Waals surface area contributed by atoms with Crippen LogP contribution in [-0.4, -0.2) is 19.2 Å². The summed E-state index contributed by atoms with van der Waals surface area (Å²) in [5.41, 5.74) is 7.97. The first-order valence-electron chi connectivity index (χ1n) is 6.56. The number of rotatable bonds is 6. The van der Waals surface area contributed by atoms with Gasteiger partial charge in [0.25, 0.3) is 0 Å². The van der Waals surface area contributed by atoms with Crippen LogP contribution in [-0.2, 0) is 0 Å². The van der Waals surface area contributed by atoms with Gasteiger partial charge in [-0.3, -0.25) is 0 Å². The highest BCUT2D eigenvalue weighted by Gasteiger charge is 2.18. The van der Waals surface area contributed by atoms with Gasteiger partial charge in [-0.2, -0.15) is 0 Å². The zero-order valence-corrected chi connectivity index (χ0v) is 12.2. The Hall–Kier alpha value is -1.22. The van der Waals surface area contributed by atoms with Crippen LogP contribution in [0.3, 0.4) is 0 Å². The minimum atomic E-state index is -0.0301. The summed E-state index contributed by atoms with van der Waals surface area (Å²) in [4.78, 5) is 0. The quantitative estimate of drug-likeness (QED) is 0.814. The van der Waals surface area contributed by atoms with Gasteiger partial charge in [-0.05, 0) is 50.4 Å². The standard InChI is InChI=1S/C15H26N2O/c1-11(2)12-6-7-14(18-5)13(10-12)17-15(3,4)8-9-16/h6-7,10-11,17H,8-9,16H2,1-5H3. The number of hydrogen-bond acceptors (Lipinski definition) is 3. The van der Waals surface area contributed by atoms with E-state index >= 15 is 0 Å². The molecule has 102 valence electrons. The number of methoxy groups -OCH3 is 1. The fourth-order valence-corrected chi connectivity index (χ4v) is 1.97. The van der Waals surface area contributed by atoms with Crippen LogP contribution >= 0.6 is 0 Å². The van der Waals surface area contributed by atoms with Crippen LogP contribution in [0, 0.1) is 0 Å². The van der Waals surface area contributed by atoms with Crippen molar-refractivity contribution in [2.75, 3.05) is 19.0 Å². The SMILES string of the molecule is COc1ccc(C(C)C)cc1NC(C)(C)CCN. The molecule has 0 aliphatic carbocycles. The van der Waals surface area contributed by atoms with E-state index in [1.807, 2.05) is 6.07 Å². The molecule has 0 amide bonds. The summed E-state index contributed by atoms with van der Waals surface area (Å²) in [7, 11) is 1.70. The van der Waals surface area contributed by atoms with Crippen LogP contribution in [0.15, 0.2) is 18.2 Å². The third-order valence-electron chi connectivity index (χ3n) is 3.13. The topological polar surface area (TPSA) is 47.3 Å². The third-order valence-corrected chi connectivity index (χ3v) is 3.13. The lowest BCUT2D eigenvalue weighted by Gasteiger charge is -2.28. The molecule has 0 unspecified atom stereocenters. The summed E-state index contributed by atoms with van der Waals surface area (Å²) in [6, 6.07) is 6.31. The molecule has 1 aromatic carbocycles. The molecule has 0 saturated heterocycles. The van der Waals surface area contributed by atoms with Crippen molar-refractivity contribution >= 4 is 5.69 Å². The van der Waals surface area contributed by atoms with Gasteiger partial charge in [0.2, 0.25) is 0 Å². The first kappa shape index (κ1) is 14.8. The molecule has 0 aromatic heterocycles. The second-order valence-electron chi connectivity index (χ2n) is 5.66. The van der Waals surface area contributed by atoms with E-state index in [0.29, 0.717) is 12.5 Å². The normalized spacial score (nSPS) is 11.7. The van der Waals surface area contributed by atoms with E-state index in [1.54, 1.807) is 7.11 Å². The van der Waals surface area contributed by atoms with Gasteiger partial charge in [-0.15, -0.1) is 0 Å². The van der Waals surface area contributed by atoms with Crippen molar-refractivity contribution in [3.05, 3.63) is 23.8 Å². The first-order valence-corrected chi connectivity index (χ1v) is 6.56. The summed E-state index contributed by atoms with van der Waals surface area (Å²) < 4.78 is 5.41. The van der Waals surface area contributed by atoms with E-state index < -0.39 is 0 Å². The largest absolute Gasteiger partial charge is 0.495 e. The van der Waals surface area contributed by atoms with E-state index in [0.717, 1.165) is 17.9 Å². The fraction of sp³-hybridized carbons (Fsp3) is 0.600. The van der Waals surface area contributed by atoms with Crippen molar-refractivity contribution in [2.45, 2.75) is 45.6 Å². The molecule has 0 aliphatic rings. The van der Waals surface area contributed by atoms with E-state index in [1.165, 1.54) is 5.56 Å². The Kier molecular flexibility index (Phi) is 5.03. The highest BCUT2D eigenvalue weighted by molar-refractivity contribution is 5.59. The molecule has 0 aliphatic heterocycles. The summed E-state index contributed by atoms with van der Waals surface area (Å²) in [5.74, 6) is 1.39. The summed E-state index contributed by atoms with van der Waals surface area (Å²) in [6.07, 6.45) is 0.919. The Bertz CT molecular complexity index is 386. The van der Waals surface area contributed by atoms with E-state index in [2.05, 4.69) is 45.1 Å². The molecule has 0 radical (unpaired) electrons. The van der Waals surface area contributed by atoms with Crippen LogP contribution in [0.25, 0.3) is 0 Å². The lowest BCUT2D eigenvalue weighted by atomic mass is 9.98. The number of benzene rings is 1. The van der Waals surface area contributed by atoms with Gasteiger partial charge in [0, 0.05) is 5.54 Å². The van der Waals surface area contributed by atoms with E-state index in [9.17, 15) is 0 Å². The maximum Gasteiger partial charge on any atom is 0.141 e. The van der Waals surface area contributed by atoms with Gasteiger partial charge in [-0.1, -0.05) is 19.9 Å². The predicted octanol–water partition coefficient (Wildman–Crippen LogP) is 3.36. The van der Waals surface area contributed by atoms with Gasteiger partial charge >= 0.3 is 0 Å². The molecular formula is C15H26N2O. The van der Waals surface area contributed by atoms with Crippen molar-refractivity contribution in [1.82, 2.24) is 0 Å². The van der Waals surface area contributed by atoms with Crippen molar-refractivity contribution in [3.8, 4) is 5.75 Å². The van der Waals surface area contributed by atoms with Crippen LogP contribution in [0.4, 0.5) is 5.69 Å². The summed E-state index contributed by atoms with van der Waals surface area (Å²) >= 11 is 0. The van der Waals surface area contributed by atoms with Gasteiger partial charge in [-0.25, -0.2) is 0 Å². The second-order valence-corrected chi connectivity index (χ2v) is 5.66. The average Bonchev–Trinajstić information content (AvgIpc) is 2.28. The smallest absolute Gasteiger partial charge is 0.141 e. The number of hydrogen-bond donors (Lipinski definition) is 2. The second kappa shape index (κ2) is 6.10. The molecule has 0 fully saturated rings. The lowest BCUT2D eigenvalue weighted by molar-refractivity contribution is 0.413. The molecule has 3 N–H and O–H groups in total. The van der Waals surface area contributed by atoms with E-state index in [4.69, 9.17) is 10.5 Å². The molecule has 0 saturated carbocycles. The van der Waals surface area contributed by atoms with Crippen LogP contribution in [0.1, 0.15) is 45.6 Å². The molecule has 0 spiro atoms. The lowest BCUT2D eigenvalue weighted by Crippen LogP contribution is -2.33. The highest BCUT2D eigenvalue weighted by Crippen LogP contribution is 2.31. The maximum atomic E-state index is 5.65. The minimum absolute atomic E-state index is 0.0301. The number of nitrogens with one attached hydrogen (secondary N) is 1. The molecular weight excluding hydrogens is 224 g/mol. The van der Waals surface area contributed by atoms with Crippen molar-refractivity contribution in [2.24, 2.45) is 5.73 Å². The molecule has 0 atom stereocenters. The van der Waals surface area contributed by atoms with Gasteiger partial charge in [0.1, 0.15) is 5.75 Å². The Morgan fingerprint density at radius 1 is 1.33 bits per heavy atom. The Labute approximate surface area is 111 Å². The average molecular weight is 250 g/mol. The molecule has 1 aromatic rings. The number of nitrogens with two attached hydrogens (primary N) is 1. The molecule has 3 nitrogen and oxygen atoms in total. The van der Waals surface area contributed by atoms with Crippen molar-refractivity contribution in [3.63, 3.8) is 0 Å². The Morgan fingerprint density at radius 3 is 2.50 bits per heavy atom.